The molecular weight excluding hydrogens is 405 g/mol. The number of amides is 1. The van der Waals surface area contributed by atoms with Gasteiger partial charge < -0.3 is 19.5 Å². The van der Waals surface area contributed by atoms with E-state index in [1.807, 2.05) is 0 Å². The first-order valence-electron chi connectivity index (χ1n) is 8.52. The molecule has 0 saturated carbocycles. The smallest absolute Gasteiger partial charge is 0.344 e. The molecule has 0 bridgehead atoms. The van der Waals surface area contributed by atoms with E-state index in [0.29, 0.717) is 27.1 Å². The van der Waals surface area contributed by atoms with Crippen molar-refractivity contribution in [2.24, 2.45) is 0 Å². The number of hydrogen-bond acceptors (Lipinski definition) is 5. The van der Waals surface area contributed by atoms with Crippen LogP contribution in [0.3, 0.4) is 0 Å². The highest BCUT2D eigenvalue weighted by molar-refractivity contribution is 6.35. The molecule has 0 radical (unpaired) electrons. The van der Waals surface area contributed by atoms with Crippen LogP contribution in [-0.2, 0) is 14.3 Å². The summed E-state index contributed by atoms with van der Waals surface area (Å²) in [7, 11) is 1.50. The van der Waals surface area contributed by atoms with E-state index in [4.69, 9.17) is 37.4 Å². The first-order chi connectivity index (χ1) is 13.3. The van der Waals surface area contributed by atoms with E-state index in [-0.39, 0.29) is 12.6 Å². The quantitative estimate of drug-likeness (QED) is 0.641. The molecule has 1 amide bonds. The van der Waals surface area contributed by atoms with Gasteiger partial charge in [0.2, 0.25) is 0 Å². The van der Waals surface area contributed by atoms with Gasteiger partial charge in [-0.25, -0.2) is 4.79 Å². The predicted molar refractivity (Wildman–Crippen MR) is 107 cm³/mol. The monoisotopic (exact) mass is 425 g/mol. The number of benzene rings is 2. The molecule has 28 heavy (non-hydrogen) atoms. The molecule has 0 aromatic heterocycles. The second-order valence-electron chi connectivity index (χ2n) is 5.97. The van der Waals surface area contributed by atoms with Crippen LogP contribution in [0.5, 0.6) is 11.5 Å². The van der Waals surface area contributed by atoms with Crippen LogP contribution in [0.15, 0.2) is 42.5 Å². The summed E-state index contributed by atoms with van der Waals surface area (Å²) in [6.07, 6.45) is -0.998. The van der Waals surface area contributed by atoms with E-state index in [0.717, 1.165) is 0 Å². The lowest BCUT2D eigenvalue weighted by Gasteiger charge is -2.19. The molecular formula is C20H21Cl2NO5. The SMILES string of the molecule is COc1ccccc1OCC(=O)OC(C)C(=O)NC(C)c1ccc(Cl)cc1Cl. The highest BCUT2D eigenvalue weighted by Crippen LogP contribution is 2.27. The predicted octanol–water partition coefficient (Wildman–Crippen LogP) is 4.19. The third-order valence-electron chi connectivity index (χ3n) is 3.88. The second kappa shape index (κ2) is 10.2. The summed E-state index contributed by atoms with van der Waals surface area (Å²) in [5.74, 6) is -0.227. The van der Waals surface area contributed by atoms with Gasteiger partial charge in [0.25, 0.3) is 5.91 Å². The van der Waals surface area contributed by atoms with E-state index in [1.54, 1.807) is 49.4 Å². The molecule has 0 spiro atoms. The van der Waals surface area contributed by atoms with Gasteiger partial charge in [0.05, 0.1) is 13.2 Å². The van der Waals surface area contributed by atoms with E-state index in [2.05, 4.69) is 5.32 Å². The molecule has 2 unspecified atom stereocenters. The Hall–Kier alpha value is -2.44. The summed E-state index contributed by atoms with van der Waals surface area (Å²) in [4.78, 5) is 24.3. The van der Waals surface area contributed by atoms with Gasteiger partial charge >= 0.3 is 5.97 Å². The van der Waals surface area contributed by atoms with Crippen LogP contribution in [-0.4, -0.2) is 31.7 Å². The maximum absolute atomic E-state index is 12.3. The van der Waals surface area contributed by atoms with Gasteiger partial charge in [0.15, 0.2) is 24.2 Å². The van der Waals surface area contributed by atoms with Crippen molar-refractivity contribution in [3.63, 3.8) is 0 Å². The molecule has 2 aromatic carbocycles. The fourth-order valence-corrected chi connectivity index (χ4v) is 2.99. The van der Waals surface area contributed by atoms with Crippen LogP contribution in [0.1, 0.15) is 25.5 Å². The fourth-order valence-electron chi connectivity index (χ4n) is 2.42. The number of para-hydroxylation sites is 2. The minimum absolute atomic E-state index is 0.351. The lowest BCUT2D eigenvalue weighted by Crippen LogP contribution is -2.38. The average Bonchev–Trinajstić information content (AvgIpc) is 2.66. The molecule has 1 N–H and O–H groups in total. The van der Waals surface area contributed by atoms with E-state index in [1.165, 1.54) is 14.0 Å². The Kier molecular flexibility index (Phi) is 7.96. The third-order valence-corrected chi connectivity index (χ3v) is 4.44. The highest BCUT2D eigenvalue weighted by Gasteiger charge is 2.21. The molecule has 0 heterocycles. The maximum Gasteiger partial charge on any atom is 0.344 e. The zero-order valence-electron chi connectivity index (χ0n) is 15.7. The zero-order valence-corrected chi connectivity index (χ0v) is 17.2. The second-order valence-corrected chi connectivity index (χ2v) is 6.81. The summed E-state index contributed by atoms with van der Waals surface area (Å²) < 4.78 is 15.6. The van der Waals surface area contributed by atoms with Crippen molar-refractivity contribution in [2.75, 3.05) is 13.7 Å². The number of nitrogens with one attached hydrogen (secondary N) is 1. The lowest BCUT2D eigenvalue weighted by atomic mass is 10.1. The van der Waals surface area contributed by atoms with Crippen LogP contribution < -0.4 is 14.8 Å². The van der Waals surface area contributed by atoms with Crippen molar-refractivity contribution >= 4 is 35.1 Å². The Morgan fingerprint density at radius 2 is 1.75 bits per heavy atom. The lowest BCUT2D eigenvalue weighted by molar-refractivity contribution is -0.156. The molecule has 150 valence electrons. The van der Waals surface area contributed by atoms with Crippen molar-refractivity contribution in [3.05, 3.63) is 58.1 Å². The van der Waals surface area contributed by atoms with Crippen molar-refractivity contribution in [3.8, 4) is 11.5 Å². The van der Waals surface area contributed by atoms with Gasteiger partial charge in [-0.2, -0.15) is 0 Å². The van der Waals surface area contributed by atoms with Crippen LogP contribution in [0.2, 0.25) is 10.0 Å². The summed E-state index contributed by atoms with van der Waals surface area (Å²) in [5, 5.41) is 3.69. The first kappa shape index (κ1) is 21.9. The Balaban J connectivity index is 1.86. The molecule has 0 saturated heterocycles. The first-order valence-corrected chi connectivity index (χ1v) is 9.28. The number of ether oxygens (including phenoxy) is 3. The molecule has 0 aliphatic rings. The average molecular weight is 426 g/mol. The normalized spacial score (nSPS) is 12.6. The number of carbonyl (C=O) groups excluding carboxylic acids is 2. The summed E-state index contributed by atoms with van der Waals surface area (Å²) in [5.41, 5.74) is 0.706. The Morgan fingerprint density at radius 1 is 1.07 bits per heavy atom. The van der Waals surface area contributed by atoms with Gasteiger partial charge in [-0.05, 0) is 43.7 Å². The topological polar surface area (TPSA) is 73.9 Å². The molecule has 2 rings (SSSR count). The van der Waals surface area contributed by atoms with Crippen LogP contribution >= 0.6 is 23.2 Å². The molecule has 2 aromatic rings. The molecule has 0 fully saturated rings. The standard InChI is InChI=1S/C20H21Cl2NO5/c1-12(15-9-8-14(21)10-16(15)22)23-20(25)13(2)28-19(24)11-27-18-7-5-4-6-17(18)26-3/h4-10,12-13H,11H2,1-3H3,(H,23,25). The fraction of sp³-hybridized carbons (Fsp3) is 0.300. The number of esters is 1. The van der Waals surface area contributed by atoms with Gasteiger partial charge in [-0.3, -0.25) is 4.79 Å². The van der Waals surface area contributed by atoms with Crippen LogP contribution in [0, 0.1) is 0 Å². The Bertz CT molecular complexity index is 843. The van der Waals surface area contributed by atoms with E-state index in [9.17, 15) is 9.59 Å². The minimum Gasteiger partial charge on any atom is -0.493 e. The van der Waals surface area contributed by atoms with Crippen molar-refractivity contribution in [2.45, 2.75) is 26.0 Å². The van der Waals surface area contributed by atoms with Gasteiger partial charge in [0.1, 0.15) is 0 Å². The van der Waals surface area contributed by atoms with Gasteiger partial charge in [-0.15, -0.1) is 0 Å². The summed E-state index contributed by atoms with van der Waals surface area (Å²) in [6, 6.07) is 11.5. The molecule has 6 nitrogen and oxygen atoms in total. The maximum atomic E-state index is 12.3. The summed E-state index contributed by atoms with van der Waals surface area (Å²) >= 11 is 12.0. The number of methoxy groups -OCH3 is 1. The van der Waals surface area contributed by atoms with Gasteiger partial charge in [-0.1, -0.05) is 41.4 Å². The molecule has 0 aliphatic heterocycles. The molecule has 2 atom stereocenters. The van der Waals surface area contributed by atoms with Crippen LogP contribution in [0.4, 0.5) is 0 Å². The van der Waals surface area contributed by atoms with E-state index < -0.39 is 18.0 Å². The number of rotatable bonds is 8. The largest absolute Gasteiger partial charge is 0.493 e. The number of hydrogen-bond donors (Lipinski definition) is 1. The van der Waals surface area contributed by atoms with Crippen molar-refractivity contribution < 1.29 is 23.8 Å². The third kappa shape index (κ3) is 6.04. The van der Waals surface area contributed by atoms with E-state index >= 15 is 0 Å². The number of carbonyl (C=O) groups is 2. The highest BCUT2D eigenvalue weighted by atomic mass is 35.5. The van der Waals surface area contributed by atoms with Crippen LogP contribution in [0.25, 0.3) is 0 Å². The van der Waals surface area contributed by atoms with Crippen molar-refractivity contribution in [1.29, 1.82) is 0 Å². The van der Waals surface area contributed by atoms with Crippen molar-refractivity contribution in [1.82, 2.24) is 5.32 Å². The van der Waals surface area contributed by atoms with Gasteiger partial charge in [0, 0.05) is 10.0 Å². The Labute approximate surface area is 173 Å². The minimum atomic E-state index is -0.998. The molecule has 0 aliphatic carbocycles. The molecule has 8 heteroatoms. The zero-order chi connectivity index (χ0) is 20.7. The summed E-state index contributed by atoms with van der Waals surface area (Å²) in [6.45, 7) is 2.90. The number of halogens is 2. The Morgan fingerprint density at radius 3 is 2.39 bits per heavy atom.